The molecule has 1 saturated heterocycles. The Morgan fingerprint density at radius 3 is 2.80 bits per heavy atom. The van der Waals surface area contributed by atoms with E-state index in [2.05, 4.69) is 18.7 Å². The zero-order chi connectivity index (χ0) is 7.40. The van der Waals surface area contributed by atoms with E-state index in [1.165, 1.54) is 38.9 Å². The van der Waals surface area contributed by atoms with Gasteiger partial charge in [0.05, 0.1) is 0 Å². The van der Waals surface area contributed by atoms with Gasteiger partial charge in [0.1, 0.15) is 0 Å². The lowest BCUT2D eigenvalue weighted by molar-refractivity contribution is 0.297. The second-order valence-corrected chi connectivity index (χ2v) is 3.47. The first kappa shape index (κ1) is 8.06. The maximum atomic E-state index is 2.56. The summed E-state index contributed by atoms with van der Waals surface area (Å²) in [5, 5.41) is 0. The number of hydrogen-bond acceptors (Lipinski definition) is 1. The lowest BCUT2D eigenvalue weighted by atomic mass is 10.0. The van der Waals surface area contributed by atoms with Gasteiger partial charge in [-0.25, -0.2) is 0 Å². The summed E-state index contributed by atoms with van der Waals surface area (Å²) < 4.78 is 0. The summed E-state index contributed by atoms with van der Waals surface area (Å²) in [5.74, 6) is 0.969. The highest BCUT2D eigenvalue weighted by Crippen LogP contribution is 2.15. The van der Waals surface area contributed by atoms with Crippen molar-refractivity contribution in [1.29, 1.82) is 0 Å². The first-order chi connectivity index (χ1) is 4.83. The van der Waals surface area contributed by atoms with E-state index in [4.69, 9.17) is 0 Å². The fourth-order valence-corrected chi connectivity index (χ4v) is 1.64. The molecule has 1 aliphatic rings. The standard InChI is InChI=1S/C9H19N/c1-3-10-7-4-5-9(2)6-8-10/h9H,3-8H2,1-2H3/t9-/m1/s1. The second kappa shape index (κ2) is 3.97. The molecule has 0 spiro atoms. The van der Waals surface area contributed by atoms with Gasteiger partial charge in [0.25, 0.3) is 0 Å². The van der Waals surface area contributed by atoms with Crippen LogP contribution >= 0.6 is 0 Å². The zero-order valence-corrected chi connectivity index (χ0v) is 7.27. The maximum absolute atomic E-state index is 2.56. The first-order valence-corrected chi connectivity index (χ1v) is 4.55. The smallest absolute Gasteiger partial charge is 0.00163 e. The molecule has 0 N–H and O–H groups in total. The van der Waals surface area contributed by atoms with Gasteiger partial charge in [0.15, 0.2) is 0 Å². The van der Waals surface area contributed by atoms with Crippen molar-refractivity contribution in [3.63, 3.8) is 0 Å². The van der Waals surface area contributed by atoms with Crippen LogP contribution in [0.4, 0.5) is 0 Å². The van der Waals surface area contributed by atoms with Gasteiger partial charge < -0.3 is 4.90 Å². The first-order valence-electron chi connectivity index (χ1n) is 4.55. The van der Waals surface area contributed by atoms with Gasteiger partial charge in [-0.15, -0.1) is 0 Å². The van der Waals surface area contributed by atoms with Crippen molar-refractivity contribution in [2.45, 2.75) is 33.1 Å². The molecule has 0 aliphatic carbocycles. The van der Waals surface area contributed by atoms with Crippen molar-refractivity contribution in [2.75, 3.05) is 19.6 Å². The summed E-state index contributed by atoms with van der Waals surface area (Å²) in [7, 11) is 0. The lowest BCUT2D eigenvalue weighted by Gasteiger charge is -2.16. The maximum Gasteiger partial charge on any atom is -0.00163 e. The molecule has 1 fully saturated rings. The minimum atomic E-state index is 0.969. The molecule has 0 amide bonds. The van der Waals surface area contributed by atoms with Crippen molar-refractivity contribution in [3.8, 4) is 0 Å². The van der Waals surface area contributed by atoms with Gasteiger partial charge in [0, 0.05) is 0 Å². The van der Waals surface area contributed by atoms with E-state index in [1.54, 1.807) is 0 Å². The van der Waals surface area contributed by atoms with Crippen LogP contribution in [0.15, 0.2) is 0 Å². The summed E-state index contributed by atoms with van der Waals surface area (Å²) >= 11 is 0. The van der Waals surface area contributed by atoms with Crippen LogP contribution in [-0.2, 0) is 0 Å². The van der Waals surface area contributed by atoms with E-state index in [1.807, 2.05) is 0 Å². The Kier molecular flexibility index (Phi) is 3.20. The third kappa shape index (κ3) is 2.30. The monoisotopic (exact) mass is 141 g/mol. The Morgan fingerprint density at radius 1 is 1.30 bits per heavy atom. The molecule has 10 heavy (non-hydrogen) atoms. The molecule has 60 valence electrons. The molecular weight excluding hydrogens is 122 g/mol. The Balaban J connectivity index is 2.26. The van der Waals surface area contributed by atoms with E-state index in [0.717, 1.165) is 5.92 Å². The fourth-order valence-electron chi connectivity index (χ4n) is 1.64. The van der Waals surface area contributed by atoms with Gasteiger partial charge >= 0.3 is 0 Å². The Hall–Kier alpha value is -0.0400. The van der Waals surface area contributed by atoms with Crippen LogP contribution in [-0.4, -0.2) is 24.5 Å². The van der Waals surface area contributed by atoms with Crippen molar-refractivity contribution < 1.29 is 0 Å². The van der Waals surface area contributed by atoms with Crippen molar-refractivity contribution in [2.24, 2.45) is 5.92 Å². The van der Waals surface area contributed by atoms with Crippen molar-refractivity contribution in [1.82, 2.24) is 4.90 Å². The summed E-state index contributed by atoms with van der Waals surface area (Å²) in [6.07, 6.45) is 4.26. The third-order valence-electron chi connectivity index (χ3n) is 2.56. The fraction of sp³-hybridized carbons (Fsp3) is 1.00. The molecular formula is C9H19N. The summed E-state index contributed by atoms with van der Waals surface area (Å²) in [4.78, 5) is 2.56. The molecule has 0 saturated carbocycles. The summed E-state index contributed by atoms with van der Waals surface area (Å²) in [5.41, 5.74) is 0. The summed E-state index contributed by atoms with van der Waals surface area (Å²) in [6, 6.07) is 0. The number of hydrogen-bond donors (Lipinski definition) is 0. The van der Waals surface area contributed by atoms with Gasteiger partial charge in [-0.3, -0.25) is 0 Å². The van der Waals surface area contributed by atoms with Gasteiger partial charge in [0.2, 0.25) is 0 Å². The van der Waals surface area contributed by atoms with E-state index in [9.17, 15) is 0 Å². The molecule has 1 nitrogen and oxygen atoms in total. The third-order valence-corrected chi connectivity index (χ3v) is 2.56. The molecule has 1 heterocycles. The van der Waals surface area contributed by atoms with E-state index >= 15 is 0 Å². The van der Waals surface area contributed by atoms with Gasteiger partial charge in [-0.2, -0.15) is 0 Å². The molecule has 0 unspecified atom stereocenters. The van der Waals surface area contributed by atoms with Crippen molar-refractivity contribution in [3.05, 3.63) is 0 Å². The quantitative estimate of drug-likeness (QED) is 0.540. The molecule has 1 heteroatoms. The predicted octanol–water partition coefficient (Wildman–Crippen LogP) is 2.13. The largest absolute Gasteiger partial charge is 0.304 e. The minimum absolute atomic E-state index is 0.969. The molecule has 0 aromatic heterocycles. The summed E-state index contributed by atoms with van der Waals surface area (Å²) in [6.45, 7) is 8.54. The van der Waals surface area contributed by atoms with Crippen LogP contribution in [0.2, 0.25) is 0 Å². The molecule has 1 rings (SSSR count). The average Bonchev–Trinajstić information content (AvgIpc) is 2.14. The Labute approximate surface area is 64.4 Å². The van der Waals surface area contributed by atoms with E-state index < -0.39 is 0 Å². The number of nitrogens with zero attached hydrogens (tertiary/aromatic N) is 1. The normalized spacial score (nSPS) is 30.0. The number of rotatable bonds is 1. The van der Waals surface area contributed by atoms with Crippen LogP contribution in [0.5, 0.6) is 0 Å². The molecule has 0 aromatic carbocycles. The Bertz CT molecular complexity index is 90.7. The molecule has 0 bridgehead atoms. The lowest BCUT2D eigenvalue weighted by Crippen LogP contribution is -2.23. The van der Waals surface area contributed by atoms with Crippen molar-refractivity contribution >= 4 is 0 Å². The molecule has 0 radical (unpaired) electrons. The van der Waals surface area contributed by atoms with Crippen LogP contribution in [0.25, 0.3) is 0 Å². The highest BCUT2D eigenvalue weighted by atomic mass is 15.1. The van der Waals surface area contributed by atoms with Crippen LogP contribution < -0.4 is 0 Å². The topological polar surface area (TPSA) is 3.24 Å². The Morgan fingerprint density at radius 2 is 2.10 bits per heavy atom. The highest BCUT2D eigenvalue weighted by Gasteiger charge is 2.11. The van der Waals surface area contributed by atoms with Crippen LogP contribution in [0, 0.1) is 5.92 Å². The average molecular weight is 141 g/mol. The van der Waals surface area contributed by atoms with E-state index in [-0.39, 0.29) is 0 Å². The molecule has 1 aliphatic heterocycles. The predicted molar refractivity (Wildman–Crippen MR) is 45.1 cm³/mol. The van der Waals surface area contributed by atoms with Crippen LogP contribution in [0.1, 0.15) is 33.1 Å². The zero-order valence-electron chi connectivity index (χ0n) is 7.27. The molecule has 1 atom stereocenters. The second-order valence-electron chi connectivity index (χ2n) is 3.47. The SMILES string of the molecule is CCN1CCC[C@@H](C)CC1. The number of likely N-dealkylation sites (tertiary alicyclic amines) is 1. The van der Waals surface area contributed by atoms with Crippen LogP contribution in [0.3, 0.4) is 0 Å². The van der Waals surface area contributed by atoms with E-state index in [0.29, 0.717) is 0 Å². The highest BCUT2D eigenvalue weighted by molar-refractivity contribution is 4.65. The van der Waals surface area contributed by atoms with Gasteiger partial charge in [-0.05, 0) is 44.8 Å². The molecule has 0 aromatic rings. The minimum Gasteiger partial charge on any atom is -0.304 e. The van der Waals surface area contributed by atoms with Gasteiger partial charge in [-0.1, -0.05) is 13.8 Å².